The summed E-state index contributed by atoms with van der Waals surface area (Å²) in [5.74, 6) is -1.05. The van der Waals surface area contributed by atoms with Crippen LogP contribution in [0.3, 0.4) is 0 Å². The van der Waals surface area contributed by atoms with Gasteiger partial charge in [0, 0.05) is 0 Å². The first kappa shape index (κ1) is 12.2. The van der Waals surface area contributed by atoms with E-state index in [9.17, 15) is 14.7 Å². The maximum atomic E-state index is 11.3. The van der Waals surface area contributed by atoms with Crippen molar-refractivity contribution in [2.24, 2.45) is 0 Å². The molecule has 0 aliphatic carbocycles. The van der Waals surface area contributed by atoms with E-state index in [4.69, 9.17) is 0 Å². The molecular formula is C12H15NO3. The van der Waals surface area contributed by atoms with Crippen LogP contribution in [0.5, 0.6) is 0 Å². The lowest BCUT2D eigenvalue weighted by molar-refractivity contribution is -0.147. The number of carboxylic acid groups (broad SMARTS) is 1. The molecular weight excluding hydrogens is 206 g/mol. The summed E-state index contributed by atoms with van der Waals surface area (Å²) in [5, 5.41) is 11.7. The van der Waals surface area contributed by atoms with Gasteiger partial charge >= 0.3 is 5.97 Å². The minimum absolute atomic E-state index is 0.296. The third kappa shape index (κ3) is 2.05. The number of nitrogens with one attached hydrogen (secondary N) is 1. The van der Waals surface area contributed by atoms with E-state index in [1.54, 1.807) is 19.1 Å². The molecule has 0 aromatic heterocycles. The van der Waals surface area contributed by atoms with E-state index >= 15 is 0 Å². The number of aryl methyl sites for hydroxylation is 1. The normalized spacial score (nSPS) is 13.9. The first-order valence-electron chi connectivity index (χ1n) is 5.08. The summed E-state index contributed by atoms with van der Waals surface area (Å²) in [7, 11) is 0. The number of carbonyl (C=O) groups excluding carboxylic acids is 1. The molecule has 0 aliphatic rings. The zero-order valence-corrected chi connectivity index (χ0v) is 9.36. The number of aliphatic carboxylic acids is 1. The average molecular weight is 221 g/mol. The van der Waals surface area contributed by atoms with Crippen LogP contribution >= 0.6 is 0 Å². The van der Waals surface area contributed by atoms with Gasteiger partial charge in [0.05, 0.1) is 0 Å². The van der Waals surface area contributed by atoms with Gasteiger partial charge in [0.1, 0.15) is 0 Å². The summed E-state index contributed by atoms with van der Waals surface area (Å²) in [6, 6.07) is 7.11. The van der Waals surface area contributed by atoms with Crippen molar-refractivity contribution in [1.29, 1.82) is 0 Å². The molecule has 0 spiro atoms. The molecule has 0 radical (unpaired) electrons. The summed E-state index contributed by atoms with van der Waals surface area (Å²) in [4.78, 5) is 21.9. The predicted octanol–water partition coefficient (Wildman–Crippen LogP) is 1.43. The van der Waals surface area contributed by atoms with Crippen LogP contribution < -0.4 is 5.32 Å². The van der Waals surface area contributed by atoms with Crippen molar-refractivity contribution in [3.8, 4) is 0 Å². The standard InChI is InChI=1S/C12H15NO3/c1-3-12(11(15)16,13-8-14)10-6-4-9(2)5-7-10/h4-8H,3H2,1-2H3,(H,13,14)(H,15,16). The Balaban J connectivity index is 3.23. The Morgan fingerprint density at radius 3 is 2.38 bits per heavy atom. The Hall–Kier alpha value is -1.84. The summed E-state index contributed by atoms with van der Waals surface area (Å²) >= 11 is 0. The third-order valence-electron chi connectivity index (χ3n) is 2.75. The first-order valence-corrected chi connectivity index (χ1v) is 5.08. The first-order chi connectivity index (χ1) is 7.56. The fourth-order valence-electron chi connectivity index (χ4n) is 1.66. The third-order valence-corrected chi connectivity index (χ3v) is 2.75. The molecule has 1 atom stereocenters. The number of rotatable bonds is 5. The zero-order valence-electron chi connectivity index (χ0n) is 9.36. The second kappa shape index (κ2) is 4.79. The zero-order chi connectivity index (χ0) is 12.2. The number of hydrogen-bond donors (Lipinski definition) is 2. The molecule has 0 bridgehead atoms. The summed E-state index contributed by atoms with van der Waals surface area (Å²) < 4.78 is 0. The minimum atomic E-state index is -1.32. The number of amides is 1. The number of hydrogen-bond acceptors (Lipinski definition) is 2. The molecule has 1 aromatic rings. The van der Waals surface area contributed by atoms with Crippen molar-refractivity contribution in [1.82, 2.24) is 5.32 Å². The maximum absolute atomic E-state index is 11.3. The largest absolute Gasteiger partial charge is 0.479 e. The van der Waals surface area contributed by atoms with Gasteiger partial charge in [0.2, 0.25) is 6.41 Å². The van der Waals surface area contributed by atoms with Gasteiger partial charge in [-0.05, 0) is 18.9 Å². The molecule has 16 heavy (non-hydrogen) atoms. The second-order valence-corrected chi connectivity index (χ2v) is 3.69. The van der Waals surface area contributed by atoms with Crippen LogP contribution in [-0.2, 0) is 15.1 Å². The fourth-order valence-corrected chi connectivity index (χ4v) is 1.66. The van der Waals surface area contributed by atoms with Gasteiger partial charge in [-0.15, -0.1) is 0 Å². The van der Waals surface area contributed by atoms with Gasteiger partial charge in [0.15, 0.2) is 5.54 Å². The lowest BCUT2D eigenvalue weighted by Gasteiger charge is -2.28. The molecule has 1 aromatic carbocycles. The Morgan fingerprint density at radius 1 is 1.44 bits per heavy atom. The Morgan fingerprint density at radius 2 is 2.00 bits per heavy atom. The van der Waals surface area contributed by atoms with E-state index in [1.807, 2.05) is 19.1 Å². The minimum Gasteiger partial charge on any atom is -0.479 e. The molecule has 0 saturated heterocycles. The van der Waals surface area contributed by atoms with Crippen LogP contribution in [0.15, 0.2) is 24.3 Å². The van der Waals surface area contributed by atoms with Crippen LogP contribution in [0.2, 0.25) is 0 Å². The molecule has 2 N–H and O–H groups in total. The van der Waals surface area contributed by atoms with E-state index in [0.717, 1.165) is 5.56 Å². The maximum Gasteiger partial charge on any atom is 0.334 e. The Labute approximate surface area is 94.3 Å². The molecule has 0 fully saturated rings. The molecule has 1 amide bonds. The van der Waals surface area contributed by atoms with Gasteiger partial charge in [0.25, 0.3) is 0 Å². The molecule has 0 aliphatic heterocycles. The highest BCUT2D eigenvalue weighted by Gasteiger charge is 2.38. The van der Waals surface area contributed by atoms with Gasteiger partial charge in [-0.25, -0.2) is 4.79 Å². The second-order valence-electron chi connectivity index (χ2n) is 3.69. The average Bonchev–Trinajstić information content (AvgIpc) is 2.27. The highest BCUT2D eigenvalue weighted by molar-refractivity contribution is 5.83. The summed E-state index contributed by atoms with van der Waals surface area (Å²) in [6.45, 7) is 3.65. The van der Waals surface area contributed by atoms with E-state index in [1.165, 1.54) is 0 Å². The van der Waals surface area contributed by atoms with Crippen LogP contribution in [0.1, 0.15) is 24.5 Å². The van der Waals surface area contributed by atoms with Crippen LogP contribution in [0, 0.1) is 6.92 Å². The number of benzene rings is 1. The highest BCUT2D eigenvalue weighted by Crippen LogP contribution is 2.25. The Bertz CT molecular complexity index is 386. The van der Waals surface area contributed by atoms with Gasteiger partial charge in [-0.2, -0.15) is 0 Å². The summed E-state index contributed by atoms with van der Waals surface area (Å²) in [5.41, 5.74) is 0.306. The topological polar surface area (TPSA) is 66.4 Å². The quantitative estimate of drug-likeness (QED) is 0.739. The van der Waals surface area contributed by atoms with Crippen LogP contribution in [0.25, 0.3) is 0 Å². The lowest BCUT2D eigenvalue weighted by Crippen LogP contribution is -2.48. The number of carboxylic acids is 1. The molecule has 1 rings (SSSR count). The summed E-state index contributed by atoms with van der Waals surface area (Å²) in [6.07, 6.45) is 0.724. The molecule has 0 heterocycles. The van der Waals surface area contributed by atoms with E-state index in [2.05, 4.69) is 5.32 Å². The van der Waals surface area contributed by atoms with Gasteiger partial charge < -0.3 is 10.4 Å². The van der Waals surface area contributed by atoms with Crippen molar-refractivity contribution < 1.29 is 14.7 Å². The van der Waals surface area contributed by atoms with Gasteiger partial charge in [-0.1, -0.05) is 36.8 Å². The van der Waals surface area contributed by atoms with E-state index < -0.39 is 11.5 Å². The van der Waals surface area contributed by atoms with Crippen LogP contribution in [0.4, 0.5) is 0 Å². The predicted molar refractivity (Wildman–Crippen MR) is 60.0 cm³/mol. The SMILES string of the molecule is CCC(NC=O)(C(=O)O)c1ccc(C)cc1. The molecule has 1 unspecified atom stereocenters. The fraction of sp³-hybridized carbons (Fsp3) is 0.333. The van der Waals surface area contributed by atoms with E-state index in [-0.39, 0.29) is 0 Å². The van der Waals surface area contributed by atoms with Crippen molar-refractivity contribution in [3.63, 3.8) is 0 Å². The molecule has 0 saturated carbocycles. The molecule has 86 valence electrons. The number of carbonyl (C=O) groups is 2. The van der Waals surface area contributed by atoms with Crippen LogP contribution in [-0.4, -0.2) is 17.5 Å². The smallest absolute Gasteiger partial charge is 0.334 e. The van der Waals surface area contributed by atoms with Gasteiger partial charge in [-0.3, -0.25) is 4.79 Å². The van der Waals surface area contributed by atoms with Crippen molar-refractivity contribution >= 4 is 12.4 Å². The van der Waals surface area contributed by atoms with E-state index in [0.29, 0.717) is 18.4 Å². The molecule has 4 nitrogen and oxygen atoms in total. The van der Waals surface area contributed by atoms with Crippen molar-refractivity contribution in [3.05, 3.63) is 35.4 Å². The van der Waals surface area contributed by atoms with Crippen molar-refractivity contribution in [2.45, 2.75) is 25.8 Å². The monoisotopic (exact) mass is 221 g/mol. The lowest BCUT2D eigenvalue weighted by atomic mass is 9.87. The molecule has 4 heteroatoms. The Kier molecular flexibility index (Phi) is 3.66. The highest BCUT2D eigenvalue weighted by atomic mass is 16.4. The van der Waals surface area contributed by atoms with Crippen molar-refractivity contribution in [2.75, 3.05) is 0 Å².